The molecule has 2 rings (SSSR count). The van der Waals surface area contributed by atoms with E-state index < -0.39 is 0 Å². The van der Waals surface area contributed by atoms with Crippen LogP contribution in [0.3, 0.4) is 0 Å². The number of carbonyl (C=O) groups is 1. The van der Waals surface area contributed by atoms with Crippen molar-refractivity contribution in [2.45, 2.75) is 20.4 Å². The van der Waals surface area contributed by atoms with Gasteiger partial charge in [0, 0.05) is 26.9 Å². The third kappa shape index (κ3) is 3.74. The van der Waals surface area contributed by atoms with Gasteiger partial charge >= 0.3 is 0 Å². The van der Waals surface area contributed by atoms with Crippen LogP contribution in [0.4, 0.5) is 5.69 Å². The number of benzene rings is 1. The van der Waals surface area contributed by atoms with Gasteiger partial charge in [0.2, 0.25) is 5.91 Å². The molecule has 110 valence electrons. The van der Waals surface area contributed by atoms with E-state index in [1.165, 1.54) is 4.57 Å². The largest absolute Gasteiger partial charge is 0.324 e. The van der Waals surface area contributed by atoms with Gasteiger partial charge in [0.15, 0.2) is 0 Å². The Bertz CT molecular complexity index is 756. The standard InChI is InChI=1S/C15H14BrClN2O2/c1-9-6-11(16)7-19(15(9)21)8-14(20)18-13-5-3-4-12(17)10(13)2/h3-7H,8H2,1-2H3,(H,18,20). The number of anilines is 1. The number of rotatable bonds is 3. The summed E-state index contributed by atoms with van der Waals surface area (Å²) in [7, 11) is 0. The van der Waals surface area contributed by atoms with Crippen LogP contribution in [0.5, 0.6) is 0 Å². The lowest BCUT2D eigenvalue weighted by molar-refractivity contribution is -0.116. The predicted octanol–water partition coefficient (Wildman–Crippen LogP) is 3.52. The van der Waals surface area contributed by atoms with Gasteiger partial charge in [-0.25, -0.2) is 0 Å². The maximum atomic E-state index is 12.1. The number of hydrogen-bond donors (Lipinski definition) is 1. The SMILES string of the molecule is Cc1c(Cl)cccc1NC(=O)Cn1cc(Br)cc(C)c1=O. The van der Waals surface area contributed by atoms with Crippen LogP contribution in [0.1, 0.15) is 11.1 Å². The number of carbonyl (C=O) groups excluding carboxylic acids is 1. The van der Waals surface area contributed by atoms with E-state index in [2.05, 4.69) is 21.2 Å². The van der Waals surface area contributed by atoms with Crippen LogP contribution in [-0.4, -0.2) is 10.5 Å². The van der Waals surface area contributed by atoms with Gasteiger partial charge in [-0.2, -0.15) is 0 Å². The molecule has 1 aromatic heterocycles. The van der Waals surface area contributed by atoms with Gasteiger partial charge in [0.25, 0.3) is 5.56 Å². The monoisotopic (exact) mass is 368 g/mol. The first-order chi connectivity index (χ1) is 9.88. The van der Waals surface area contributed by atoms with E-state index in [0.29, 0.717) is 16.3 Å². The number of amides is 1. The fourth-order valence-corrected chi connectivity index (χ4v) is 2.71. The summed E-state index contributed by atoms with van der Waals surface area (Å²) in [5.74, 6) is -0.278. The van der Waals surface area contributed by atoms with Gasteiger partial charge in [0.05, 0.1) is 0 Å². The topological polar surface area (TPSA) is 51.1 Å². The second-order valence-corrected chi connectivity index (χ2v) is 6.06. The highest BCUT2D eigenvalue weighted by Crippen LogP contribution is 2.22. The second kappa shape index (κ2) is 6.45. The Morgan fingerprint density at radius 2 is 2.10 bits per heavy atom. The van der Waals surface area contributed by atoms with Crippen LogP contribution in [0.25, 0.3) is 0 Å². The molecule has 0 bridgehead atoms. The molecule has 0 aliphatic rings. The van der Waals surface area contributed by atoms with Crippen LogP contribution >= 0.6 is 27.5 Å². The highest BCUT2D eigenvalue weighted by molar-refractivity contribution is 9.10. The molecule has 0 saturated heterocycles. The fraction of sp³-hybridized carbons (Fsp3) is 0.200. The molecule has 21 heavy (non-hydrogen) atoms. The average Bonchev–Trinajstić information content (AvgIpc) is 2.40. The van der Waals surface area contributed by atoms with Crippen molar-refractivity contribution < 1.29 is 4.79 Å². The van der Waals surface area contributed by atoms with Crippen molar-refractivity contribution >= 4 is 39.1 Å². The van der Waals surface area contributed by atoms with Gasteiger partial charge in [-0.3, -0.25) is 9.59 Å². The van der Waals surface area contributed by atoms with Crippen LogP contribution in [0, 0.1) is 13.8 Å². The first-order valence-electron chi connectivity index (χ1n) is 6.30. The van der Waals surface area contributed by atoms with E-state index in [1.807, 2.05) is 6.92 Å². The first-order valence-corrected chi connectivity index (χ1v) is 7.47. The summed E-state index contributed by atoms with van der Waals surface area (Å²) in [5, 5.41) is 3.35. The normalized spacial score (nSPS) is 10.5. The smallest absolute Gasteiger partial charge is 0.253 e. The minimum atomic E-state index is -0.278. The highest BCUT2D eigenvalue weighted by Gasteiger charge is 2.09. The van der Waals surface area contributed by atoms with Crippen molar-refractivity contribution in [2.24, 2.45) is 0 Å². The van der Waals surface area contributed by atoms with Crippen LogP contribution in [0.2, 0.25) is 5.02 Å². The maximum absolute atomic E-state index is 12.1. The zero-order valence-electron chi connectivity index (χ0n) is 11.6. The highest BCUT2D eigenvalue weighted by atomic mass is 79.9. The van der Waals surface area contributed by atoms with E-state index in [4.69, 9.17) is 11.6 Å². The van der Waals surface area contributed by atoms with Gasteiger partial charge in [-0.15, -0.1) is 0 Å². The lowest BCUT2D eigenvalue weighted by atomic mass is 10.2. The van der Waals surface area contributed by atoms with E-state index in [1.54, 1.807) is 37.4 Å². The zero-order valence-corrected chi connectivity index (χ0v) is 14.0. The Hall–Kier alpha value is -1.59. The molecule has 0 aliphatic heterocycles. The predicted molar refractivity (Wildman–Crippen MR) is 88.0 cm³/mol. The van der Waals surface area contributed by atoms with Crippen LogP contribution in [0.15, 0.2) is 39.7 Å². The summed E-state index contributed by atoms with van der Waals surface area (Å²) >= 11 is 9.33. The van der Waals surface area contributed by atoms with Crippen molar-refractivity contribution in [3.05, 3.63) is 61.4 Å². The summed E-state index contributed by atoms with van der Waals surface area (Å²) in [4.78, 5) is 24.1. The molecule has 1 N–H and O–H groups in total. The Morgan fingerprint density at radius 3 is 2.81 bits per heavy atom. The molecule has 1 heterocycles. The Kier molecular flexibility index (Phi) is 4.85. The molecule has 0 spiro atoms. The molecule has 0 atom stereocenters. The quantitative estimate of drug-likeness (QED) is 0.900. The van der Waals surface area contributed by atoms with Crippen molar-refractivity contribution in [1.29, 1.82) is 0 Å². The second-order valence-electron chi connectivity index (χ2n) is 4.73. The summed E-state index contributed by atoms with van der Waals surface area (Å²) < 4.78 is 2.13. The summed E-state index contributed by atoms with van der Waals surface area (Å²) in [6.07, 6.45) is 1.60. The lowest BCUT2D eigenvalue weighted by Gasteiger charge is -2.11. The number of hydrogen-bond acceptors (Lipinski definition) is 2. The molecule has 0 radical (unpaired) electrons. The summed E-state index contributed by atoms with van der Waals surface area (Å²) in [6.45, 7) is 3.49. The first kappa shape index (κ1) is 15.8. The number of aromatic nitrogens is 1. The van der Waals surface area contributed by atoms with E-state index in [9.17, 15) is 9.59 Å². The van der Waals surface area contributed by atoms with E-state index >= 15 is 0 Å². The Labute approximate surface area is 135 Å². The van der Waals surface area contributed by atoms with E-state index in [0.717, 1.165) is 10.0 Å². The maximum Gasteiger partial charge on any atom is 0.253 e. The number of nitrogens with zero attached hydrogens (tertiary/aromatic N) is 1. The molecule has 0 unspecified atom stereocenters. The molecule has 0 aliphatic carbocycles. The molecule has 0 fully saturated rings. The Balaban J connectivity index is 2.20. The summed E-state index contributed by atoms with van der Waals surface area (Å²) in [6, 6.07) is 7.01. The van der Waals surface area contributed by atoms with Crippen molar-refractivity contribution in [2.75, 3.05) is 5.32 Å². The molecule has 4 nitrogen and oxygen atoms in total. The number of halogens is 2. The minimum Gasteiger partial charge on any atom is -0.324 e. The molecule has 0 saturated carbocycles. The molecule has 1 aromatic carbocycles. The number of pyridine rings is 1. The Morgan fingerprint density at radius 1 is 1.38 bits per heavy atom. The third-order valence-electron chi connectivity index (χ3n) is 3.09. The third-order valence-corrected chi connectivity index (χ3v) is 3.93. The van der Waals surface area contributed by atoms with Crippen LogP contribution < -0.4 is 10.9 Å². The fourth-order valence-electron chi connectivity index (χ4n) is 1.94. The van der Waals surface area contributed by atoms with Crippen molar-refractivity contribution in [3.63, 3.8) is 0 Å². The van der Waals surface area contributed by atoms with Gasteiger partial charge < -0.3 is 9.88 Å². The lowest BCUT2D eigenvalue weighted by Crippen LogP contribution is -2.28. The van der Waals surface area contributed by atoms with Crippen LogP contribution in [-0.2, 0) is 11.3 Å². The van der Waals surface area contributed by atoms with Gasteiger partial charge in [0.1, 0.15) is 6.54 Å². The van der Waals surface area contributed by atoms with Crippen molar-refractivity contribution in [3.8, 4) is 0 Å². The zero-order chi connectivity index (χ0) is 15.6. The van der Waals surface area contributed by atoms with Gasteiger partial charge in [-0.05, 0) is 53.5 Å². The molecule has 2 aromatic rings. The number of nitrogens with one attached hydrogen (secondary N) is 1. The summed E-state index contributed by atoms with van der Waals surface area (Å²) in [5.41, 5.74) is 1.84. The molecular formula is C15H14BrClN2O2. The molecular weight excluding hydrogens is 356 g/mol. The van der Waals surface area contributed by atoms with Crippen molar-refractivity contribution in [1.82, 2.24) is 4.57 Å². The molecule has 1 amide bonds. The van der Waals surface area contributed by atoms with Gasteiger partial charge in [-0.1, -0.05) is 17.7 Å². The number of aryl methyl sites for hydroxylation is 1. The molecule has 6 heteroatoms. The minimum absolute atomic E-state index is 0.0505. The average molecular weight is 370 g/mol. The van der Waals surface area contributed by atoms with E-state index in [-0.39, 0.29) is 18.0 Å².